The molecule has 0 aliphatic carbocycles. The number of nitrogens with two attached hydrogens (primary N) is 1. The van der Waals surface area contributed by atoms with Crippen LogP contribution >= 0.6 is 0 Å². The van der Waals surface area contributed by atoms with E-state index in [2.05, 4.69) is 5.32 Å². The molecular formula is C12H16N2O4. The Morgan fingerprint density at radius 3 is 2.67 bits per heavy atom. The van der Waals surface area contributed by atoms with E-state index in [9.17, 15) is 9.59 Å². The SMILES string of the molecule is CC(C)COC(=O)Nc1ccc(N)cc1C(=O)O. The van der Waals surface area contributed by atoms with E-state index in [-0.39, 0.29) is 23.8 Å². The van der Waals surface area contributed by atoms with E-state index in [0.717, 1.165) is 0 Å². The van der Waals surface area contributed by atoms with Crippen LogP contribution in [0.2, 0.25) is 0 Å². The van der Waals surface area contributed by atoms with Gasteiger partial charge in [0, 0.05) is 5.69 Å². The average molecular weight is 252 g/mol. The molecule has 0 atom stereocenters. The summed E-state index contributed by atoms with van der Waals surface area (Å²) in [6, 6.07) is 4.21. The Kier molecular flexibility index (Phi) is 4.53. The minimum absolute atomic E-state index is 0.0727. The lowest BCUT2D eigenvalue weighted by Gasteiger charge is -2.11. The molecule has 0 aliphatic heterocycles. The second kappa shape index (κ2) is 5.90. The number of amides is 1. The first-order valence-electron chi connectivity index (χ1n) is 5.46. The van der Waals surface area contributed by atoms with Crippen molar-refractivity contribution >= 4 is 23.4 Å². The van der Waals surface area contributed by atoms with E-state index in [1.807, 2.05) is 13.8 Å². The highest BCUT2D eigenvalue weighted by Crippen LogP contribution is 2.19. The Bertz CT molecular complexity index is 457. The second-order valence-electron chi connectivity index (χ2n) is 4.23. The van der Waals surface area contributed by atoms with Crippen LogP contribution in [0.4, 0.5) is 16.2 Å². The van der Waals surface area contributed by atoms with Gasteiger partial charge in [0.05, 0.1) is 17.9 Å². The number of hydrogen-bond donors (Lipinski definition) is 3. The van der Waals surface area contributed by atoms with E-state index in [1.165, 1.54) is 18.2 Å². The number of rotatable bonds is 4. The first kappa shape index (κ1) is 13.8. The van der Waals surface area contributed by atoms with Crippen LogP contribution in [0.1, 0.15) is 24.2 Å². The topological polar surface area (TPSA) is 102 Å². The summed E-state index contributed by atoms with van der Waals surface area (Å²) in [6.07, 6.45) is -0.684. The number of ether oxygens (including phenoxy) is 1. The van der Waals surface area contributed by atoms with Gasteiger partial charge in [0.2, 0.25) is 0 Å². The number of benzene rings is 1. The van der Waals surface area contributed by atoms with Gasteiger partial charge < -0.3 is 15.6 Å². The van der Waals surface area contributed by atoms with E-state index in [0.29, 0.717) is 5.69 Å². The summed E-state index contributed by atoms with van der Waals surface area (Å²) >= 11 is 0. The van der Waals surface area contributed by atoms with Gasteiger partial charge in [0.15, 0.2) is 0 Å². The number of carbonyl (C=O) groups is 2. The fourth-order valence-electron chi connectivity index (χ4n) is 1.24. The number of carboxylic acid groups (broad SMARTS) is 1. The van der Waals surface area contributed by atoms with Gasteiger partial charge in [-0.15, -0.1) is 0 Å². The Hall–Kier alpha value is -2.24. The molecule has 6 nitrogen and oxygen atoms in total. The van der Waals surface area contributed by atoms with Gasteiger partial charge in [-0.1, -0.05) is 13.8 Å². The maximum Gasteiger partial charge on any atom is 0.411 e. The van der Waals surface area contributed by atoms with E-state index in [1.54, 1.807) is 0 Å². The number of nitrogen functional groups attached to an aromatic ring is 1. The molecule has 0 aromatic heterocycles. The largest absolute Gasteiger partial charge is 0.478 e. The number of nitrogens with one attached hydrogen (secondary N) is 1. The van der Waals surface area contributed by atoms with Crippen molar-refractivity contribution < 1.29 is 19.4 Å². The molecule has 1 rings (SSSR count). The Morgan fingerprint density at radius 1 is 1.44 bits per heavy atom. The molecule has 0 heterocycles. The smallest absolute Gasteiger partial charge is 0.411 e. The maximum atomic E-state index is 11.4. The highest BCUT2D eigenvalue weighted by molar-refractivity contribution is 5.99. The molecule has 0 fully saturated rings. The van der Waals surface area contributed by atoms with E-state index >= 15 is 0 Å². The first-order chi connectivity index (χ1) is 8.40. The molecule has 1 amide bonds. The number of aromatic carboxylic acids is 1. The van der Waals surface area contributed by atoms with Crippen LogP contribution in [0.3, 0.4) is 0 Å². The number of carbonyl (C=O) groups excluding carboxylic acids is 1. The fraction of sp³-hybridized carbons (Fsp3) is 0.333. The van der Waals surface area contributed by atoms with Gasteiger partial charge in [-0.25, -0.2) is 9.59 Å². The molecule has 0 spiro atoms. The molecule has 0 bridgehead atoms. The maximum absolute atomic E-state index is 11.4. The minimum atomic E-state index is -1.17. The highest BCUT2D eigenvalue weighted by Gasteiger charge is 2.13. The Labute approximate surface area is 105 Å². The third kappa shape index (κ3) is 3.97. The average Bonchev–Trinajstić information content (AvgIpc) is 2.28. The Balaban J connectivity index is 2.78. The standard InChI is InChI=1S/C12H16N2O4/c1-7(2)6-18-12(17)14-10-4-3-8(13)5-9(10)11(15)16/h3-5,7H,6,13H2,1-2H3,(H,14,17)(H,15,16). The van der Waals surface area contributed by atoms with Gasteiger partial charge in [-0.3, -0.25) is 5.32 Å². The lowest BCUT2D eigenvalue weighted by molar-refractivity contribution is 0.0698. The number of hydrogen-bond acceptors (Lipinski definition) is 4. The van der Waals surface area contributed by atoms with Crippen LogP contribution < -0.4 is 11.1 Å². The zero-order valence-corrected chi connectivity index (χ0v) is 10.3. The third-order valence-corrected chi connectivity index (χ3v) is 2.06. The van der Waals surface area contributed by atoms with Crippen molar-refractivity contribution in [2.24, 2.45) is 5.92 Å². The summed E-state index contributed by atoms with van der Waals surface area (Å²) in [4.78, 5) is 22.4. The van der Waals surface area contributed by atoms with Crippen LogP contribution in [-0.2, 0) is 4.74 Å². The summed E-state index contributed by atoms with van der Waals surface area (Å²) < 4.78 is 4.90. The van der Waals surface area contributed by atoms with Crippen LogP contribution in [0.5, 0.6) is 0 Å². The molecule has 0 aliphatic rings. The van der Waals surface area contributed by atoms with Crippen molar-refractivity contribution in [2.45, 2.75) is 13.8 Å². The molecule has 18 heavy (non-hydrogen) atoms. The Morgan fingerprint density at radius 2 is 2.11 bits per heavy atom. The van der Waals surface area contributed by atoms with Crippen LogP contribution in [0.25, 0.3) is 0 Å². The quantitative estimate of drug-likeness (QED) is 0.713. The molecule has 98 valence electrons. The molecule has 4 N–H and O–H groups in total. The van der Waals surface area contributed by atoms with E-state index < -0.39 is 12.1 Å². The molecular weight excluding hydrogens is 236 g/mol. The molecule has 0 saturated carbocycles. The third-order valence-electron chi connectivity index (χ3n) is 2.06. The zero-order valence-electron chi connectivity index (χ0n) is 10.3. The molecule has 0 unspecified atom stereocenters. The van der Waals surface area contributed by atoms with Crippen molar-refractivity contribution in [1.29, 1.82) is 0 Å². The van der Waals surface area contributed by atoms with Crippen molar-refractivity contribution in [3.63, 3.8) is 0 Å². The van der Waals surface area contributed by atoms with Gasteiger partial charge in [-0.05, 0) is 24.1 Å². The summed E-state index contributed by atoms with van der Waals surface area (Å²) in [5, 5.41) is 11.4. The van der Waals surface area contributed by atoms with Gasteiger partial charge in [-0.2, -0.15) is 0 Å². The molecule has 0 saturated heterocycles. The van der Waals surface area contributed by atoms with Crippen molar-refractivity contribution in [3.8, 4) is 0 Å². The second-order valence-corrected chi connectivity index (χ2v) is 4.23. The normalized spacial score (nSPS) is 10.2. The van der Waals surface area contributed by atoms with Crippen molar-refractivity contribution in [1.82, 2.24) is 0 Å². The fourth-order valence-corrected chi connectivity index (χ4v) is 1.24. The lowest BCUT2D eigenvalue weighted by atomic mass is 10.1. The zero-order chi connectivity index (χ0) is 13.7. The lowest BCUT2D eigenvalue weighted by Crippen LogP contribution is -2.18. The summed E-state index contributed by atoms with van der Waals surface area (Å²) in [5.41, 5.74) is 5.89. The van der Waals surface area contributed by atoms with Crippen molar-refractivity contribution in [3.05, 3.63) is 23.8 Å². The molecule has 1 aromatic carbocycles. The summed E-state index contributed by atoms with van der Waals surface area (Å²) in [5.74, 6) is -0.956. The number of carboxylic acids is 1. The van der Waals surface area contributed by atoms with E-state index in [4.69, 9.17) is 15.6 Å². The molecule has 6 heteroatoms. The number of anilines is 2. The predicted molar refractivity (Wildman–Crippen MR) is 67.6 cm³/mol. The predicted octanol–water partition coefficient (Wildman–Crippen LogP) is 2.17. The summed E-state index contributed by atoms with van der Waals surface area (Å²) in [6.45, 7) is 4.07. The van der Waals surface area contributed by atoms with Crippen LogP contribution in [-0.4, -0.2) is 23.8 Å². The molecule has 0 radical (unpaired) electrons. The monoisotopic (exact) mass is 252 g/mol. The highest BCUT2D eigenvalue weighted by atomic mass is 16.5. The van der Waals surface area contributed by atoms with Crippen LogP contribution in [0, 0.1) is 5.92 Å². The van der Waals surface area contributed by atoms with Gasteiger partial charge in [0.1, 0.15) is 0 Å². The van der Waals surface area contributed by atoms with Crippen LogP contribution in [0.15, 0.2) is 18.2 Å². The van der Waals surface area contributed by atoms with Gasteiger partial charge >= 0.3 is 12.1 Å². The first-order valence-corrected chi connectivity index (χ1v) is 5.46. The summed E-state index contributed by atoms with van der Waals surface area (Å²) in [7, 11) is 0. The van der Waals surface area contributed by atoms with Crippen molar-refractivity contribution in [2.75, 3.05) is 17.7 Å². The minimum Gasteiger partial charge on any atom is -0.478 e. The molecule has 1 aromatic rings. The van der Waals surface area contributed by atoms with Gasteiger partial charge in [0.25, 0.3) is 0 Å².